The van der Waals surface area contributed by atoms with Crippen molar-refractivity contribution >= 4 is 17.2 Å². The summed E-state index contributed by atoms with van der Waals surface area (Å²) in [5, 5.41) is 7.86. The second-order valence-corrected chi connectivity index (χ2v) is 7.69. The van der Waals surface area contributed by atoms with Crippen LogP contribution in [0.4, 0.5) is 0 Å². The lowest BCUT2D eigenvalue weighted by molar-refractivity contribution is 0.0955. The van der Waals surface area contributed by atoms with Crippen molar-refractivity contribution in [1.29, 1.82) is 0 Å². The molecule has 0 saturated heterocycles. The topological polar surface area (TPSA) is 85.8 Å². The molecule has 0 saturated carbocycles. The Morgan fingerprint density at radius 3 is 2.74 bits per heavy atom. The number of nitrogens with zero attached hydrogens (tertiary/aromatic N) is 4. The normalized spacial score (nSPS) is 10.8. The maximum absolute atomic E-state index is 13.1. The van der Waals surface area contributed by atoms with Crippen molar-refractivity contribution < 1.29 is 9.21 Å². The number of thiazole rings is 1. The molecule has 0 atom stereocenters. The first kappa shape index (κ1) is 19.0. The molecule has 0 aliphatic rings. The molecule has 0 aliphatic heterocycles. The zero-order valence-corrected chi connectivity index (χ0v) is 17.1. The van der Waals surface area contributed by atoms with Crippen LogP contribution in [0.15, 0.2) is 89.9 Å². The number of carbonyl (C=O) groups excluding carboxylic acids is 1. The van der Waals surface area contributed by atoms with Gasteiger partial charge in [-0.3, -0.25) is 4.79 Å². The molecule has 1 aromatic carbocycles. The highest BCUT2D eigenvalue weighted by atomic mass is 32.1. The van der Waals surface area contributed by atoms with Crippen molar-refractivity contribution in [3.63, 3.8) is 0 Å². The summed E-state index contributed by atoms with van der Waals surface area (Å²) >= 11 is 1.31. The SMILES string of the molecule is O=C(NCc1ccnc(-n2cccn2)c1)c1sc(-c2ccco2)nc1-c1ccccc1. The van der Waals surface area contributed by atoms with Gasteiger partial charge >= 0.3 is 0 Å². The predicted molar refractivity (Wildman–Crippen MR) is 118 cm³/mol. The Hall–Kier alpha value is -4.04. The van der Waals surface area contributed by atoms with Crippen LogP contribution in [-0.4, -0.2) is 25.7 Å². The molecule has 0 aliphatic carbocycles. The van der Waals surface area contributed by atoms with Gasteiger partial charge in [-0.2, -0.15) is 5.10 Å². The lowest BCUT2D eigenvalue weighted by atomic mass is 10.1. The summed E-state index contributed by atoms with van der Waals surface area (Å²) in [7, 11) is 0. The number of aromatic nitrogens is 4. The minimum Gasteiger partial charge on any atom is -0.462 e. The van der Waals surface area contributed by atoms with Crippen LogP contribution < -0.4 is 5.32 Å². The van der Waals surface area contributed by atoms with Gasteiger partial charge in [0.1, 0.15) is 4.88 Å². The monoisotopic (exact) mass is 427 g/mol. The number of carbonyl (C=O) groups is 1. The maximum Gasteiger partial charge on any atom is 0.263 e. The molecule has 0 bridgehead atoms. The molecule has 1 amide bonds. The average molecular weight is 427 g/mol. The van der Waals surface area contributed by atoms with Crippen LogP contribution in [-0.2, 0) is 6.54 Å². The molecule has 4 aromatic heterocycles. The number of rotatable bonds is 6. The number of furan rings is 1. The molecule has 7 nitrogen and oxygen atoms in total. The first-order chi connectivity index (χ1) is 15.3. The zero-order chi connectivity index (χ0) is 21.0. The quantitative estimate of drug-likeness (QED) is 0.429. The molecular formula is C23H17N5O2S. The molecule has 4 heterocycles. The average Bonchev–Trinajstić information content (AvgIpc) is 3.59. The van der Waals surface area contributed by atoms with E-state index in [0.717, 1.165) is 11.1 Å². The van der Waals surface area contributed by atoms with E-state index in [1.165, 1.54) is 11.3 Å². The highest BCUT2D eigenvalue weighted by molar-refractivity contribution is 7.17. The second kappa shape index (κ2) is 8.37. The summed E-state index contributed by atoms with van der Waals surface area (Å²) in [5.74, 6) is 1.14. The minimum atomic E-state index is -0.188. The molecule has 0 spiro atoms. The Balaban J connectivity index is 1.41. The van der Waals surface area contributed by atoms with Crippen molar-refractivity contribution in [3.05, 3.63) is 96.0 Å². The van der Waals surface area contributed by atoms with Crippen molar-refractivity contribution in [2.75, 3.05) is 0 Å². The van der Waals surface area contributed by atoms with Crippen LogP contribution in [0.1, 0.15) is 15.2 Å². The third kappa shape index (κ3) is 4.01. The molecule has 1 N–H and O–H groups in total. The standard InChI is InChI=1S/C23H17N5O2S/c29-22(25-15-16-9-11-24-19(14-16)28-12-5-10-26-28)21-20(17-6-2-1-3-7-17)27-23(31-21)18-8-4-13-30-18/h1-14H,15H2,(H,25,29). The Labute approximate surface area is 182 Å². The van der Waals surface area contributed by atoms with Gasteiger partial charge in [-0.05, 0) is 35.9 Å². The van der Waals surface area contributed by atoms with Gasteiger partial charge < -0.3 is 9.73 Å². The lowest BCUT2D eigenvalue weighted by Gasteiger charge is -2.07. The Kier molecular flexibility index (Phi) is 5.12. The summed E-state index contributed by atoms with van der Waals surface area (Å²) in [6.45, 7) is 0.359. The van der Waals surface area contributed by atoms with Gasteiger partial charge in [-0.25, -0.2) is 14.6 Å². The summed E-state index contributed by atoms with van der Waals surface area (Å²) in [4.78, 5) is 22.7. The van der Waals surface area contributed by atoms with Crippen LogP contribution in [0.2, 0.25) is 0 Å². The fourth-order valence-corrected chi connectivity index (χ4v) is 4.11. The van der Waals surface area contributed by atoms with E-state index >= 15 is 0 Å². The van der Waals surface area contributed by atoms with E-state index in [1.54, 1.807) is 29.4 Å². The second-order valence-electron chi connectivity index (χ2n) is 6.70. The summed E-state index contributed by atoms with van der Waals surface area (Å²) < 4.78 is 7.16. The first-order valence-corrected chi connectivity index (χ1v) is 10.4. The van der Waals surface area contributed by atoms with Gasteiger partial charge in [-0.1, -0.05) is 30.3 Å². The van der Waals surface area contributed by atoms with Crippen LogP contribution >= 0.6 is 11.3 Å². The van der Waals surface area contributed by atoms with Crippen molar-refractivity contribution in [3.8, 4) is 27.8 Å². The minimum absolute atomic E-state index is 0.188. The zero-order valence-electron chi connectivity index (χ0n) is 16.3. The number of hydrogen-bond donors (Lipinski definition) is 1. The number of amides is 1. The van der Waals surface area contributed by atoms with Gasteiger partial charge in [0.25, 0.3) is 5.91 Å². The smallest absolute Gasteiger partial charge is 0.263 e. The summed E-state index contributed by atoms with van der Waals surface area (Å²) in [6.07, 6.45) is 6.82. The molecule has 0 unspecified atom stereocenters. The molecule has 8 heteroatoms. The number of pyridine rings is 1. The van der Waals surface area contributed by atoms with Gasteiger partial charge in [0, 0.05) is 30.7 Å². The van der Waals surface area contributed by atoms with Gasteiger partial charge in [0.15, 0.2) is 16.6 Å². The van der Waals surface area contributed by atoms with Crippen molar-refractivity contribution in [2.45, 2.75) is 6.54 Å². The summed E-state index contributed by atoms with van der Waals surface area (Å²) in [6, 6.07) is 18.9. The molecular weight excluding hydrogens is 410 g/mol. The molecule has 31 heavy (non-hydrogen) atoms. The largest absolute Gasteiger partial charge is 0.462 e. The van der Waals surface area contributed by atoms with E-state index in [0.29, 0.717) is 33.7 Å². The van der Waals surface area contributed by atoms with Crippen LogP contribution in [0, 0.1) is 0 Å². The first-order valence-electron chi connectivity index (χ1n) is 9.61. The molecule has 0 radical (unpaired) electrons. The number of hydrogen-bond acceptors (Lipinski definition) is 6. The fraction of sp³-hybridized carbons (Fsp3) is 0.0435. The van der Waals surface area contributed by atoms with Crippen LogP contribution in [0.5, 0.6) is 0 Å². The van der Waals surface area contributed by atoms with Crippen molar-refractivity contribution in [2.24, 2.45) is 0 Å². The number of nitrogens with one attached hydrogen (secondary N) is 1. The maximum atomic E-state index is 13.1. The Morgan fingerprint density at radius 1 is 1.06 bits per heavy atom. The van der Waals surface area contributed by atoms with E-state index in [9.17, 15) is 4.79 Å². The van der Waals surface area contributed by atoms with Gasteiger partial charge in [0.2, 0.25) is 0 Å². The summed E-state index contributed by atoms with van der Waals surface area (Å²) in [5.41, 5.74) is 2.44. The molecule has 152 valence electrons. The van der Waals surface area contributed by atoms with E-state index in [-0.39, 0.29) is 5.91 Å². The van der Waals surface area contributed by atoms with E-state index < -0.39 is 0 Å². The molecule has 5 aromatic rings. The van der Waals surface area contributed by atoms with Gasteiger partial charge in [0.05, 0.1) is 12.0 Å². The van der Waals surface area contributed by atoms with Gasteiger partial charge in [-0.15, -0.1) is 11.3 Å². The van der Waals surface area contributed by atoms with E-state index in [2.05, 4.69) is 20.4 Å². The van der Waals surface area contributed by atoms with E-state index in [1.807, 2.05) is 60.8 Å². The molecule has 0 fully saturated rings. The number of benzene rings is 1. The third-order valence-electron chi connectivity index (χ3n) is 4.61. The van der Waals surface area contributed by atoms with Crippen molar-refractivity contribution in [1.82, 2.24) is 25.1 Å². The predicted octanol–water partition coefficient (Wildman–Crippen LogP) is 4.58. The molecule has 5 rings (SSSR count). The highest BCUT2D eigenvalue weighted by Gasteiger charge is 2.21. The van der Waals surface area contributed by atoms with E-state index in [4.69, 9.17) is 4.42 Å². The Bertz CT molecular complexity index is 1300. The Morgan fingerprint density at radius 2 is 1.97 bits per heavy atom. The lowest BCUT2D eigenvalue weighted by Crippen LogP contribution is -2.22. The fourth-order valence-electron chi connectivity index (χ4n) is 3.13. The third-order valence-corrected chi connectivity index (χ3v) is 5.68. The van der Waals surface area contributed by atoms with Crippen LogP contribution in [0.25, 0.3) is 27.8 Å². The highest BCUT2D eigenvalue weighted by Crippen LogP contribution is 2.34. The van der Waals surface area contributed by atoms with Crippen LogP contribution in [0.3, 0.4) is 0 Å².